The molecule has 1 fully saturated rings. The third-order valence-corrected chi connectivity index (χ3v) is 4.33. The minimum Gasteiger partial charge on any atom is -0.396 e. The van der Waals surface area contributed by atoms with Crippen molar-refractivity contribution < 1.29 is 13.2 Å². The van der Waals surface area contributed by atoms with Gasteiger partial charge in [0, 0.05) is 26.1 Å². The molecule has 0 aromatic heterocycles. The number of likely N-dealkylation sites (N-methyl/N-ethyl adjacent to an activating group) is 1. The van der Waals surface area contributed by atoms with Gasteiger partial charge in [-0.1, -0.05) is 6.07 Å². The Morgan fingerprint density at radius 3 is 2.70 bits per heavy atom. The smallest absolute Gasteiger partial charge is 0.240 e. The van der Waals surface area contributed by atoms with E-state index in [9.17, 15) is 13.2 Å². The quantitative estimate of drug-likeness (QED) is 0.676. The molecule has 1 unspecified atom stereocenters. The summed E-state index contributed by atoms with van der Waals surface area (Å²) >= 11 is 0. The van der Waals surface area contributed by atoms with Gasteiger partial charge in [0.25, 0.3) is 0 Å². The highest BCUT2D eigenvalue weighted by Gasteiger charge is 2.24. The predicted molar refractivity (Wildman–Crippen MR) is 76.5 cm³/mol. The van der Waals surface area contributed by atoms with Gasteiger partial charge in [0.1, 0.15) is 4.90 Å². The van der Waals surface area contributed by atoms with Crippen molar-refractivity contribution in [2.24, 2.45) is 5.14 Å². The summed E-state index contributed by atoms with van der Waals surface area (Å²) in [4.78, 5) is 13.0. The van der Waals surface area contributed by atoms with Crippen molar-refractivity contribution >= 4 is 27.3 Å². The van der Waals surface area contributed by atoms with E-state index >= 15 is 0 Å². The van der Waals surface area contributed by atoms with Crippen molar-refractivity contribution in [2.45, 2.75) is 23.8 Å². The number of hydrogen-bond acceptors (Lipinski definition) is 5. The first kappa shape index (κ1) is 14.6. The zero-order valence-corrected chi connectivity index (χ0v) is 12.0. The number of nitrogens with one attached hydrogen (secondary N) is 1. The largest absolute Gasteiger partial charge is 0.396 e. The van der Waals surface area contributed by atoms with E-state index in [2.05, 4.69) is 5.32 Å². The van der Waals surface area contributed by atoms with E-state index in [-0.39, 0.29) is 22.5 Å². The number of primary sulfonamides is 1. The van der Waals surface area contributed by atoms with Crippen molar-refractivity contribution in [3.63, 3.8) is 0 Å². The van der Waals surface area contributed by atoms with E-state index in [0.717, 1.165) is 0 Å². The number of hydrogen-bond donors (Lipinski definition) is 3. The van der Waals surface area contributed by atoms with Crippen molar-refractivity contribution in [1.29, 1.82) is 0 Å². The lowest BCUT2D eigenvalue weighted by atomic mass is 10.1. The first-order valence-electron chi connectivity index (χ1n) is 6.21. The summed E-state index contributed by atoms with van der Waals surface area (Å²) in [5.41, 5.74) is 6.47. The molecule has 2 rings (SSSR count). The van der Waals surface area contributed by atoms with Crippen LogP contribution in [0.15, 0.2) is 23.1 Å². The van der Waals surface area contributed by atoms with Crippen LogP contribution >= 0.6 is 0 Å². The SMILES string of the molecule is CN1CC(Nc2cccc(S(N)(=O)=O)c2N)CCC1=O. The van der Waals surface area contributed by atoms with Gasteiger partial charge in [-0.25, -0.2) is 13.6 Å². The molecule has 0 saturated carbocycles. The van der Waals surface area contributed by atoms with Gasteiger partial charge in [0.2, 0.25) is 15.9 Å². The summed E-state index contributed by atoms with van der Waals surface area (Å²) in [6, 6.07) is 4.68. The van der Waals surface area contributed by atoms with E-state index in [1.165, 1.54) is 6.07 Å². The zero-order chi connectivity index (χ0) is 14.9. The first-order chi connectivity index (χ1) is 9.29. The van der Waals surface area contributed by atoms with Crippen LogP contribution in [0.3, 0.4) is 0 Å². The molecule has 1 aromatic carbocycles. The zero-order valence-electron chi connectivity index (χ0n) is 11.2. The molecule has 1 saturated heterocycles. The molecule has 20 heavy (non-hydrogen) atoms. The summed E-state index contributed by atoms with van der Waals surface area (Å²) in [6.45, 7) is 0.553. The van der Waals surface area contributed by atoms with Crippen LogP contribution in [-0.2, 0) is 14.8 Å². The van der Waals surface area contributed by atoms with Crippen molar-refractivity contribution in [3.8, 4) is 0 Å². The van der Waals surface area contributed by atoms with Crippen LogP contribution in [0.2, 0.25) is 0 Å². The van der Waals surface area contributed by atoms with Gasteiger partial charge in [0.15, 0.2) is 0 Å². The Bertz CT molecular complexity index is 630. The van der Waals surface area contributed by atoms with Crippen LogP contribution in [0.1, 0.15) is 12.8 Å². The number of anilines is 2. The maximum Gasteiger partial charge on any atom is 0.240 e. The number of carbonyl (C=O) groups excluding carboxylic acids is 1. The molecule has 110 valence electrons. The molecule has 1 aliphatic rings. The number of carbonyl (C=O) groups is 1. The number of sulfonamides is 1. The molecule has 7 nitrogen and oxygen atoms in total. The highest BCUT2D eigenvalue weighted by Crippen LogP contribution is 2.27. The van der Waals surface area contributed by atoms with E-state index < -0.39 is 10.0 Å². The fourth-order valence-corrected chi connectivity index (χ4v) is 2.95. The Morgan fingerprint density at radius 1 is 1.40 bits per heavy atom. The second-order valence-electron chi connectivity index (χ2n) is 4.92. The van der Waals surface area contributed by atoms with Crippen molar-refractivity contribution in [2.75, 3.05) is 24.6 Å². The minimum atomic E-state index is -3.85. The third-order valence-electron chi connectivity index (χ3n) is 3.36. The van der Waals surface area contributed by atoms with Gasteiger partial charge < -0.3 is 16.0 Å². The van der Waals surface area contributed by atoms with Gasteiger partial charge in [-0.15, -0.1) is 0 Å². The number of nitrogens with zero attached hydrogens (tertiary/aromatic N) is 1. The Hall–Kier alpha value is -1.80. The van der Waals surface area contributed by atoms with Crippen molar-refractivity contribution in [3.05, 3.63) is 18.2 Å². The van der Waals surface area contributed by atoms with E-state index in [4.69, 9.17) is 10.9 Å². The van der Waals surface area contributed by atoms with E-state index in [1.54, 1.807) is 24.1 Å². The molecular formula is C12H18N4O3S. The molecular weight excluding hydrogens is 280 g/mol. The number of benzene rings is 1. The van der Waals surface area contributed by atoms with Gasteiger partial charge in [-0.3, -0.25) is 4.79 Å². The topological polar surface area (TPSA) is 119 Å². The molecule has 0 aliphatic carbocycles. The Balaban J connectivity index is 2.21. The summed E-state index contributed by atoms with van der Waals surface area (Å²) in [5.74, 6) is 0.106. The average Bonchev–Trinajstić information content (AvgIpc) is 2.35. The maximum absolute atomic E-state index is 11.4. The second kappa shape index (κ2) is 5.29. The first-order valence-corrected chi connectivity index (χ1v) is 7.75. The van der Waals surface area contributed by atoms with Gasteiger partial charge >= 0.3 is 0 Å². The minimum absolute atomic E-state index is 0.0377. The third kappa shape index (κ3) is 3.02. The summed E-state index contributed by atoms with van der Waals surface area (Å²) in [6.07, 6.45) is 1.14. The molecule has 1 aromatic rings. The summed E-state index contributed by atoms with van der Waals surface area (Å²) in [5, 5.41) is 8.29. The van der Waals surface area contributed by atoms with Crippen LogP contribution in [0, 0.1) is 0 Å². The van der Waals surface area contributed by atoms with Gasteiger partial charge in [-0.05, 0) is 18.6 Å². The molecule has 1 heterocycles. The lowest BCUT2D eigenvalue weighted by Crippen LogP contribution is -2.43. The molecule has 0 radical (unpaired) electrons. The van der Waals surface area contributed by atoms with Crippen molar-refractivity contribution in [1.82, 2.24) is 4.90 Å². The van der Waals surface area contributed by atoms with E-state index in [0.29, 0.717) is 25.1 Å². The molecule has 5 N–H and O–H groups in total. The van der Waals surface area contributed by atoms with Crippen LogP contribution in [0.4, 0.5) is 11.4 Å². The average molecular weight is 298 g/mol. The van der Waals surface area contributed by atoms with Gasteiger partial charge in [0.05, 0.1) is 11.4 Å². The Labute approximate surface area is 118 Å². The van der Waals surface area contributed by atoms with E-state index in [1.807, 2.05) is 0 Å². The summed E-state index contributed by atoms with van der Waals surface area (Å²) < 4.78 is 22.8. The fraction of sp³-hybridized carbons (Fsp3) is 0.417. The standard InChI is InChI=1S/C12H18N4O3S/c1-16-7-8(5-6-11(16)17)15-9-3-2-4-10(12(9)13)20(14,18)19/h2-4,8,15H,5-7,13H2,1H3,(H2,14,18,19). The molecule has 0 spiro atoms. The van der Waals surface area contributed by atoms with Crippen LogP contribution < -0.4 is 16.2 Å². The number of piperidine rings is 1. The number of nitrogen functional groups attached to an aromatic ring is 1. The molecule has 0 bridgehead atoms. The molecule has 1 atom stereocenters. The number of rotatable bonds is 3. The second-order valence-corrected chi connectivity index (χ2v) is 6.45. The Morgan fingerprint density at radius 2 is 2.10 bits per heavy atom. The highest BCUT2D eigenvalue weighted by molar-refractivity contribution is 7.89. The fourth-order valence-electron chi connectivity index (χ4n) is 2.27. The number of nitrogens with two attached hydrogens (primary N) is 2. The Kier molecular flexibility index (Phi) is 3.87. The predicted octanol–water partition coefficient (Wildman–Crippen LogP) is -0.0511. The van der Waals surface area contributed by atoms with Crippen LogP contribution in [0.25, 0.3) is 0 Å². The lowest BCUT2D eigenvalue weighted by Gasteiger charge is -2.31. The highest BCUT2D eigenvalue weighted by atomic mass is 32.2. The van der Waals surface area contributed by atoms with Crippen LogP contribution in [0.5, 0.6) is 0 Å². The number of likely N-dealkylation sites (tertiary alicyclic amines) is 1. The normalized spacial score (nSPS) is 20.0. The molecule has 1 amide bonds. The molecule has 1 aliphatic heterocycles. The lowest BCUT2D eigenvalue weighted by molar-refractivity contribution is -0.132. The van der Waals surface area contributed by atoms with Gasteiger partial charge in [-0.2, -0.15) is 0 Å². The maximum atomic E-state index is 11.4. The molecule has 8 heteroatoms. The monoisotopic (exact) mass is 298 g/mol. The number of amides is 1. The summed E-state index contributed by atoms with van der Waals surface area (Å²) in [7, 11) is -2.11. The van der Waals surface area contributed by atoms with Crippen LogP contribution in [-0.4, -0.2) is 38.9 Å². The number of para-hydroxylation sites is 1.